The summed E-state index contributed by atoms with van der Waals surface area (Å²) >= 11 is 3.68. The Morgan fingerprint density at radius 2 is 1.68 bits per heavy atom. The van der Waals surface area contributed by atoms with Crippen LogP contribution in [0.5, 0.6) is 5.75 Å². The van der Waals surface area contributed by atoms with Gasteiger partial charge < -0.3 is 34.2 Å². The molecule has 0 radical (unpaired) electrons. The summed E-state index contributed by atoms with van der Waals surface area (Å²) in [5.74, 6) is 0.328. The van der Waals surface area contributed by atoms with E-state index in [0.717, 1.165) is 130 Å². The Morgan fingerprint density at radius 1 is 0.884 bits per heavy atom. The van der Waals surface area contributed by atoms with Crippen molar-refractivity contribution in [1.82, 2.24) is 34.6 Å². The Kier molecular flexibility index (Phi) is 13.7. The van der Waals surface area contributed by atoms with E-state index in [0.29, 0.717) is 51.5 Å². The molecule has 3 aromatic heterocycles. The van der Waals surface area contributed by atoms with Crippen LogP contribution >= 0.6 is 23.1 Å². The van der Waals surface area contributed by atoms with E-state index in [1.165, 1.54) is 15.8 Å². The van der Waals surface area contributed by atoms with E-state index in [1.807, 2.05) is 36.4 Å². The van der Waals surface area contributed by atoms with Gasteiger partial charge in [0.1, 0.15) is 24.8 Å². The average Bonchev–Trinajstić information content (AvgIpc) is 3.96. The highest BCUT2D eigenvalue weighted by molar-refractivity contribution is 9.10. The third-order valence-corrected chi connectivity index (χ3v) is 18.6. The molecule has 0 spiro atoms. The Balaban J connectivity index is 0.757. The average molecular weight is 1020 g/mol. The van der Waals surface area contributed by atoms with Crippen LogP contribution < -0.4 is 36.6 Å². The van der Waals surface area contributed by atoms with Gasteiger partial charge in [0.25, 0.3) is 0 Å². The molecule has 1 atom stereocenters. The number of ether oxygens (including phenoxy) is 1. The van der Waals surface area contributed by atoms with Crippen LogP contribution in [0.3, 0.4) is 0 Å². The first-order chi connectivity index (χ1) is 33.5. The zero-order chi connectivity index (χ0) is 47.8. The molecule has 6 aromatic rings. The molecule has 4 aliphatic rings. The van der Waals surface area contributed by atoms with Crippen LogP contribution in [0.25, 0.3) is 22.0 Å². The van der Waals surface area contributed by atoms with Crippen LogP contribution in [0.4, 0.5) is 28.8 Å². The molecule has 4 saturated heterocycles. The topological polar surface area (TPSA) is 180 Å². The van der Waals surface area contributed by atoms with Crippen LogP contribution in [-0.2, 0) is 33.4 Å². The van der Waals surface area contributed by atoms with Crippen molar-refractivity contribution in [3.8, 4) is 5.75 Å². The Hall–Kier alpha value is -5.61. The number of fused-ring (bicyclic) bond motifs is 2. The smallest absolute Gasteiger partial charge is 0.420 e. The first-order valence-electron chi connectivity index (χ1n) is 24.5. The molecule has 1 unspecified atom stereocenters. The molecule has 3 aromatic carbocycles. The number of pyridine rings is 1. The van der Waals surface area contributed by atoms with Crippen LogP contribution in [0, 0.1) is 0 Å². The lowest BCUT2D eigenvalue weighted by atomic mass is 9.99. The minimum absolute atomic E-state index is 0.191. The zero-order valence-electron chi connectivity index (χ0n) is 39.6. The summed E-state index contributed by atoms with van der Waals surface area (Å²) in [5, 5.41) is 11.1. The summed E-state index contributed by atoms with van der Waals surface area (Å²) in [7, 11) is -0.946. The number of methoxy groups -OCH3 is 1. The summed E-state index contributed by atoms with van der Waals surface area (Å²) in [6.07, 6.45) is 10.2. The number of halogens is 1. The maximum absolute atomic E-state index is 14.5. The third-order valence-electron chi connectivity index (χ3n) is 14.6. The zero-order valence-corrected chi connectivity index (χ0v) is 42.0. The molecule has 69 heavy (non-hydrogen) atoms. The van der Waals surface area contributed by atoms with Gasteiger partial charge in [0, 0.05) is 105 Å². The van der Waals surface area contributed by atoms with Crippen molar-refractivity contribution < 1.29 is 23.3 Å². The molecule has 362 valence electrons. The number of piperazine rings is 1. The molecule has 2 amide bonds. The van der Waals surface area contributed by atoms with E-state index in [9.17, 15) is 18.9 Å². The predicted molar refractivity (Wildman–Crippen MR) is 275 cm³/mol. The molecule has 0 aliphatic carbocycles. The van der Waals surface area contributed by atoms with E-state index in [-0.39, 0.29) is 18.7 Å². The molecule has 4 fully saturated rings. The van der Waals surface area contributed by atoms with Gasteiger partial charge >= 0.3 is 5.76 Å². The maximum atomic E-state index is 14.5. The summed E-state index contributed by atoms with van der Waals surface area (Å²) in [4.78, 5) is 59.1. The quantitative estimate of drug-likeness (QED) is 0.0708. The number of aromatic nitrogens is 4. The van der Waals surface area contributed by atoms with E-state index in [4.69, 9.17) is 19.1 Å². The molecule has 4 aliphatic heterocycles. The number of nitrogens with one attached hydrogen (secondary N) is 3. The van der Waals surface area contributed by atoms with Crippen molar-refractivity contribution in [2.24, 2.45) is 0 Å². The highest BCUT2D eigenvalue weighted by Crippen LogP contribution is 2.54. The van der Waals surface area contributed by atoms with Crippen molar-refractivity contribution in [3.05, 3.63) is 92.6 Å². The molecule has 0 bridgehead atoms. The van der Waals surface area contributed by atoms with E-state index >= 15 is 0 Å². The molecular formula is C51H60BrN10O6P. The van der Waals surface area contributed by atoms with Gasteiger partial charge in [-0.3, -0.25) is 29.4 Å². The first kappa shape index (κ1) is 47.1. The lowest BCUT2D eigenvalue weighted by Gasteiger charge is -2.43. The van der Waals surface area contributed by atoms with Crippen molar-refractivity contribution in [2.75, 3.05) is 80.8 Å². The lowest BCUT2D eigenvalue weighted by Crippen LogP contribution is -2.53. The molecule has 16 nitrogen and oxygen atoms in total. The number of nitrogens with zero attached hydrogens (tertiary/aromatic N) is 7. The van der Waals surface area contributed by atoms with Gasteiger partial charge in [-0.1, -0.05) is 26.0 Å². The second-order valence-corrected chi connectivity index (χ2v) is 22.7. The summed E-state index contributed by atoms with van der Waals surface area (Å²) in [5.41, 5.74) is 7.97. The molecule has 3 N–H and O–H groups in total. The van der Waals surface area contributed by atoms with Gasteiger partial charge in [-0.25, -0.2) is 9.78 Å². The number of hydrogen-bond acceptors (Lipinski definition) is 14. The SMILES string of the molecule is CCc1ccc2c(P3(=O)CCCC3)c(Nc3nc(Nc4cc(CC)c(N5CCC(N6CCN(CCc7ccc8c(c7)oc(=O)n8C7CCC(=O)NC7=O)CC6)CC5)cc4OC)ncc3Br)ccc2n1. The standard InChI is InChI=1S/C51H60BrN10O6P/c1-4-33-29-40(56-50-53-31-37(52)48(58-50)55-39-12-11-38-36(10-9-34(5-2)54-38)47(39)69(66)26-6-7-27-69)44(67-3)30-43(33)61-20-17-35(18-21-61)60-24-22-59(23-25-60)19-16-32-8-13-41-45(28-32)68-51(65)62(41)42-14-15-46(63)57-49(42)64/h8-13,28-31,35,42H,4-7,14-27H2,1-3H3,(H,57,63,64)(H2,53,55,56,58). The Labute approximate surface area is 410 Å². The number of piperidine rings is 2. The Morgan fingerprint density at radius 3 is 2.42 bits per heavy atom. The fourth-order valence-electron chi connectivity index (χ4n) is 10.8. The number of rotatable bonds is 14. The lowest BCUT2D eigenvalue weighted by molar-refractivity contribution is -0.135. The number of hydrogen-bond donors (Lipinski definition) is 3. The fourth-order valence-corrected chi connectivity index (χ4v) is 14.5. The van der Waals surface area contributed by atoms with Gasteiger partial charge in [-0.05, 0) is 115 Å². The fraction of sp³-hybridized carbons (Fsp3) is 0.451. The van der Waals surface area contributed by atoms with Crippen molar-refractivity contribution >= 4 is 91.0 Å². The minimum Gasteiger partial charge on any atom is -0.494 e. The van der Waals surface area contributed by atoms with Gasteiger partial charge in [0.05, 0.1) is 34.0 Å². The largest absolute Gasteiger partial charge is 0.494 e. The number of imide groups is 1. The number of carbonyl (C=O) groups is 2. The number of anilines is 5. The maximum Gasteiger partial charge on any atom is 0.420 e. The second kappa shape index (κ2) is 20.0. The van der Waals surface area contributed by atoms with Gasteiger partial charge in [-0.15, -0.1) is 0 Å². The van der Waals surface area contributed by atoms with Gasteiger partial charge in [0.15, 0.2) is 5.58 Å². The molecule has 0 saturated carbocycles. The second-order valence-electron chi connectivity index (χ2n) is 18.8. The van der Waals surface area contributed by atoms with E-state index in [2.05, 4.69) is 83.6 Å². The van der Waals surface area contributed by atoms with Gasteiger partial charge in [-0.2, -0.15) is 4.98 Å². The first-order valence-corrected chi connectivity index (χ1v) is 27.4. The molecular weight excluding hydrogens is 960 g/mol. The highest BCUT2D eigenvalue weighted by atomic mass is 79.9. The number of oxazole rings is 1. The number of carbonyl (C=O) groups excluding carboxylic acids is 2. The summed E-state index contributed by atoms with van der Waals surface area (Å²) in [6.45, 7) is 11.2. The van der Waals surface area contributed by atoms with Crippen LogP contribution in [0.15, 0.2) is 74.5 Å². The molecule has 18 heteroatoms. The third kappa shape index (κ3) is 9.67. The number of aryl methyl sites for hydroxylation is 2. The molecule has 7 heterocycles. The monoisotopic (exact) mass is 1020 g/mol. The van der Waals surface area contributed by atoms with Crippen LogP contribution in [0.2, 0.25) is 0 Å². The van der Waals surface area contributed by atoms with Crippen LogP contribution in [-0.4, -0.2) is 112 Å². The van der Waals surface area contributed by atoms with Crippen molar-refractivity contribution in [3.63, 3.8) is 0 Å². The number of amides is 2. The van der Waals surface area contributed by atoms with Crippen molar-refractivity contribution in [1.29, 1.82) is 0 Å². The van der Waals surface area contributed by atoms with Crippen molar-refractivity contribution in [2.45, 2.75) is 83.7 Å². The normalized spacial score (nSPS) is 19.4. The van der Waals surface area contributed by atoms with Crippen LogP contribution in [0.1, 0.15) is 75.2 Å². The predicted octanol–water partition coefficient (Wildman–Crippen LogP) is 7.90. The van der Waals surface area contributed by atoms with Gasteiger partial charge in [0.2, 0.25) is 17.8 Å². The molecule has 10 rings (SSSR count). The van der Waals surface area contributed by atoms with E-state index in [1.54, 1.807) is 13.3 Å². The Bertz CT molecular complexity index is 3020. The summed E-state index contributed by atoms with van der Waals surface area (Å²) < 4.78 is 28.2. The van der Waals surface area contributed by atoms with E-state index < -0.39 is 24.8 Å². The number of benzene rings is 3. The summed E-state index contributed by atoms with van der Waals surface area (Å²) in [6, 6.07) is 18.0. The highest BCUT2D eigenvalue weighted by Gasteiger charge is 2.35. The minimum atomic E-state index is -2.64.